The lowest BCUT2D eigenvalue weighted by Crippen LogP contribution is -2.35. The van der Waals surface area contributed by atoms with Gasteiger partial charge in [0.15, 0.2) is 0 Å². The average Bonchev–Trinajstić information content (AvgIpc) is 2.70. The molecule has 0 spiro atoms. The van der Waals surface area contributed by atoms with Gasteiger partial charge in [0.1, 0.15) is 0 Å². The molecule has 1 amide bonds. The summed E-state index contributed by atoms with van der Waals surface area (Å²) < 4.78 is 31.5. The van der Waals surface area contributed by atoms with Crippen molar-refractivity contribution in [3.8, 4) is 0 Å². The van der Waals surface area contributed by atoms with E-state index in [1.807, 2.05) is 0 Å². The van der Waals surface area contributed by atoms with Gasteiger partial charge in [0.25, 0.3) is 5.91 Å². The minimum absolute atomic E-state index is 0.162. The van der Waals surface area contributed by atoms with Crippen molar-refractivity contribution in [2.75, 3.05) is 26.7 Å². The Morgan fingerprint density at radius 3 is 2.56 bits per heavy atom. The molecule has 1 fully saturated rings. The number of rotatable bonds is 9. The Bertz CT molecular complexity index is 742. The Morgan fingerprint density at radius 2 is 1.85 bits per heavy atom. The molecule has 1 aromatic rings. The summed E-state index contributed by atoms with van der Waals surface area (Å²) in [5.41, 5.74) is 0.336. The number of sulfonamides is 1. The van der Waals surface area contributed by atoms with Gasteiger partial charge in [-0.25, -0.2) is 8.42 Å². The Kier molecular flexibility index (Phi) is 8.24. The second kappa shape index (κ2) is 10.4. The van der Waals surface area contributed by atoms with Gasteiger partial charge >= 0.3 is 5.97 Å². The van der Waals surface area contributed by atoms with E-state index in [0.717, 1.165) is 32.1 Å². The molecule has 7 nitrogen and oxygen atoms in total. The summed E-state index contributed by atoms with van der Waals surface area (Å²) in [5.74, 6) is -0.524. The summed E-state index contributed by atoms with van der Waals surface area (Å²) in [6.45, 7) is 1.54. The molecule has 0 atom stereocenters. The number of carbonyl (C=O) groups is 2. The third-order valence-electron chi connectivity index (χ3n) is 4.62. The first kappa shape index (κ1) is 21.4. The minimum Gasteiger partial charge on any atom is -0.469 e. The lowest BCUT2D eigenvalue weighted by Gasteiger charge is -2.26. The van der Waals surface area contributed by atoms with Gasteiger partial charge in [0.2, 0.25) is 10.0 Å². The molecule has 0 bridgehead atoms. The van der Waals surface area contributed by atoms with Crippen molar-refractivity contribution in [1.29, 1.82) is 0 Å². The predicted octanol–water partition coefficient (Wildman–Crippen LogP) is 2.32. The third-order valence-corrected chi connectivity index (χ3v) is 6.51. The zero-order chi connectivity index (χ0) is 19.7. The maximum atomic E-state index is 12.7. The largest absolute Gasteiger partial charge is 0.469 e. The Hall–Kier alpha value is -1.93. The van der Waals surface area contributed by atoms with E-state index in [9.17, 15) is 18.0 Å². The van der Waals surface area contributed by atoms with Crippen molar-refractivity contribution < 1.29 is 22.7 Å². The molecule has 0 unspecified atom stereocenters. The van der Waals surface area contributed by atoms with E-state index in [4.69, 9.17) is 0 Å². The van der Waals surface area contributed by atoms with Crippen molar-refractivity contribution in [2.24, 2.45) is 0 Å². The quantitative estimate of drug-likeness (QED) is 0.511. The van der Waals surface area contributed by atoms with Crippen LogP contribution in [0.2, 0.25) is 0 Å². The third kappa shape index (κ3) is 6.32. The SMILES string of the molecule is COC(=O)CCCCCNC(=O)c1cccc(S(=O)(=O)N2CCCCC2)c1. The zero-order valence-electron chi connectivity index (χ0n) is 15.8. The lowest BCUT2D eigenvalue weighted by atomic mass is 10.2. The van der Waals surface area contributed by atoms with Crippen molar-refractivity contribution >= 4 is 21.9 Å². The van der Waals surface area contributed by atoms with E-state index in [2.05, 4.69) is 10.1 Å². The molecule has 1 heterocycles. The highest BCUT2D eigenvalue weighted by atomic mass is 32.2. The van der Waals surface area contributed by atoms with E-state index in [1.54, 1.807) is 12.1 Å². The van der Waals surface area contributed by atoms with Crippen LogP contribution in [0.25, 0.3) is 0 Å². The van der Waals surface area contributed by atoms with Crippen LogP contribution < -0.4 is 5.32 Å². The van der Waals surface area contributed by atoms with Crippen LogP contribution in [0.15, 0.2) is 29.2 Å². The zero-order valence-corrected chi connectivity index (χ0v) is 16.6. The van der Waals surface area contributed by atoms with E-state index >= 15 is 0 Å². The van der Waals surface area contributed by atoms with Gasteiger partial charge in [-0.2, -0.15) is 4.31 Å². The molecule has 1 N–H and O–H groups in total. The molecular weight excluding hydrogens is 368 g/mol. The first-order valence-electron chi connectivity index (χ1n) is 9.40. The van der Waals surface area contributed by atoms with Crippen molar-refractivity contribution in [3.05, 3.63) is 29.8 Å². The Balaban J connectivity index is 1.87. The molecule has 1 saturated heterocycles. The van der Waals surface area contributed by atoms with Crippen LogP contribution in [0, 0.1) is 0 Å². The van der Waals surface area contributed by atoms with Crippen LogP contribution in [-0.4, -0.2) is 51.3 Å². The summed E-state index contributed by atoms with van der Waals surface area (Å²) in [4.78, 5) is 23.5. The fourth-order valence-electron chi connectivity index (χ4n) is 3.03. The lowest BCUT2D eigenvalue weighted by molar-refractivity contribution is -0.140. The fraction of sp³-hybridized carbons (Fsp3) is 0.579. The van der Waals surface area contributed by atoms with E-state index in [-0.39, 0.29) is 16.8 Å². The van der Waals surface area contributed by atoms with Crippen molar-refractivity contribution in [1.82, 2.24) is 9.62 Å². The first-order chi connectivity index (χ1) is 12.9. The Morgan fingerprint density at radius 1 is 1.11 bits per heavy atom. The van der Waals surface area contributed by atoms with Gasteiger partial charge in [0, 0.05) is 31.6 Å². The summed E-state index contributed by atoms with van der Waals surface area (Å²) in [7, 11) is -2.19. The molecule has 1 aromatic carbocycles. The number of hydrogen-bond donors (Lipinski definition) is 1. The second-order valence-corrected chi connectivity index (χ2v) is 8.57. The topological polar surface area (TPSA) is 92.8 Å². The second-order valence-electron chi connectivity index (χ2n) is 6.64. The van der Waals surface area contributed by atoms with E-state index in [0.29, 0.717) is 38.0 Å². The minimum atomic E-state index is -3.55. The predicted molar refractivity (Wildman–Crippen MR) is 102 cm³/mol. The van der Waals surface area contributed by atoms with Gasteiger partial charge in [-0.1, -0.05) is 18.9 Å². The summed E-state index contributed by atoms with van der Waals surface area (Å²) in [5, 5.41) is 2.80. The van der Waals surface area contributed by atoms with Crippen LogP contribution in [0.1, 0.15) is 55.3 Å². The number of ether oxygens (including phenoxy) is 1. The molecule has 27 heavy (non-hydrogen) atoms. The highest BCUT2D eigenvalue weighted by molar-refractivity contribution is 7.89. The molecular formula is C19H28N2O5S. The maximum Gasteiger partial charge on any atom is 0.305 e. The van der Waals surface area contributed by atoms with Crippen LogP contribution in [0.3, 0.4) is 0 Å². The molecule has 0 radical (unpaired) electrons. The fourth-order valence-corrected chi connectivity index (χ4v) is 4.59. The molecule has 1 aliphatic heterocycles. The molecule has 0 aliphatic carbocycles. The molecule has 2 rings (SSSR count). The normalized spacial score (nSPS) is 15.3. The van der Waals surface area contributed by atoms with E-state index < -0.39 is 10.0 Å². The number of unbranched alkanes of at least 4 members (excludes halogenated alkanes) is 2. The monoisotopic (exact) mass is 396 g/mol. The number of nitrogens with one attached hydrogen (secondary N) is 1. The number of methoxy groups -OCH3 is 1. The molecule has 1 aliphatic rings. The molecule has 150 valence electrons. The number of piperidine rings is 1. The average molecular weight is 397 g/mol. The summed E-state index contributed by atoms with van der Waals surface area (Å²) >= 11 is 0. The number of carbonyl (C=O) groups excluding carboxylic acids is 2. The molecule has 0 aromatic heterocycles. The van der Waals surface area contributed by atoms with Gasteiger partial charge in [-0.3, -0.25) is 9.59 Å². The Labute approximate surface area is 161 Å². The first-order valence-corrected chi connectivity index (χ1v) is 10.8. The maximum absolute atomic E-state index is 12.7. The van der Waals surface area contributed by atoms with Crippen LogP contribution in [0.4, 0.5) is 0 Å². The van der Waals surface area contributed by atoms with Crippen molar-refractivity contribution in [2.45, 2.75) is 49.8 Å². The smallest absolute Gasteiger partial charge is 0.305 e. The van der Waals surface area contributed by atoms with Gasteiger partial charge < -0.3 is 10.1 Å². The van der Waals surface area contributed by atoms with Gasteiger partial charge in [-0.15, -0.1) is 0 Å². The standard InChI is InChI=1S/C19H28N2O5S/c1-26-18(22)11-4-2-5-12-20-19(23)16-9-8-10-17(15-16)27(24,25)21-13-6-3-7-14-21/h8-10,15H,2-7,11-14H2,1H3,(H,20,23). The number of amides is 1. The van der Waals surface area contributed by atoms with Crippen molar-refractivity contribution in [3.63, 3.8) is 0 Å². The van der Waals surface area contributed by atoms with E-state index in [1.165, 1.54) is 23.5 Å². The van der Waals surface area contributed by atoms with Crippen LogP contribution >= 0.6 is 0 Å². The van der Waals surface area contributed by atoms with Crippen LogP contribution in [0.5, 0.6) is 0 Å². The highest BCUT2D eigenvalue weighted by Crippen LogP contribution is 2.21. The number of hydrogen-bond acceptors (Lipinski definition) is 5. The molecule has 8 heteroatoms. The summed E-state index contributed by atoms with van der Waals surface area (Å²) in [6, 6.07) is 6.19. The van der Waals surface area contributed by atoms with Gasteiger partial charge in [0.05, 0.1) is 12.0 Å². The number of esters is 1. The highest BCUT2D eigenvalue weighted by Gasteiger charge is 2.26. The summed E-state index contributed by atoms with van der Waals surface area (Å²) in [6.07, 6.45) is 5.43. The number of benzene rings is 1. The molecule has 0 saturated carbocycles. The number of nitrogens with zero attached hydrogens (tertiary/aromatic N) is 1. The van der Waals surface area contributed by atoms with Gasteiger partial charge in [-0.05, 0) is 43.9 Å². The van der Waals surface area contributed by atoms with Crippen LogP contribution in [-0.2, 0) is 19.6 Å².